The lowest BCUT2D eigenvalue weighted by molar-refractivity contribution is -0.112. The molecule has 0 aliphatic rings. The fourth-order valence-electron chi connectivity index (χ4n) is 3.52. The van der Waals surface area contributed by atoms with Crippen LogP contribution in [0.4, 0.5) is 5.69 Å². The summed E-state index contributed by atoms with van der Waals surface area (Å²) in [5.74, 6) is -2.32. The van der Waals surface area contributed by atoms with E-state index >= 15 is 0 Å². The Morgan fingerprint density at radius 1 is 0.944 bits per heavy atom. The van der Waals surface area contributed by atoms with Gasteiger partial charge >= 0.3 is 11.9 Å². The van der Waals surface area contributed by atoms with Gasteiger partial charge in [-0.2, -0.15) is 5.26 Å². The van der Waals surface area contributed by atoms with E-state index in [1.54, 1.807) is 30.3 Å². The van der Waals surface area contributed by atoms with Gasteiger partial charge in [-0.1, -0.05) is 58.4 Å². The highest BCUT2D eigenvalue weighted by Crippen LogP contribution is 2.28. The summed E-state index contributed by atoms with van der Waals surface area (Å²) in [6, 6.07) is 25.1. The minimum atomic E-state index is -1.14. The fourth-order valence-corrected chi connectivity index (χ4v) is 3.89. The third-order valence-corrected chi connectivity index (χ3v) is 5.71. The summed E-state index contributed by atoms with van der Waals surface area (Å²) in [6.45, 7) is 0. The molecule has 0 aliphatic carbocycles. The quantitative estimate of drug-likeness (QED) is 0.133. The van der Waals surface area contributed by atoms with Crippen LogP contribution in [-0.4, -0.2) is 23.0 Å². The molecule has 0 bridgehead atoms. The van der Waals surface area contributed by atoms with E-state index in [0.717, 1.165) is 10.8 Å². The summed E-state index contributed by atoms with van der Waals surface area (Å²) >= 11 is 3.36. The van der Waals surface area contributed by atoms with E-state index in [2.05, 4.69) is 21.2 Å². The molecule has 0 aliphatic heterocycles. The van der Waals surface area contributed by atoms with Crippen LogP contribution in [0.1, 0.15) is 26.3 Å². The van der Waals surface area contributed by atoms with Crippen molar-refractivity contribution in [1.29, 1.82) is 5.26 Å². The van der Waals surface area contributed by atoms with Crippen molar-refractivity contribution >= 4 is 56.3 Å². The zero-order valence-electron chi connectivity index (χ0n) is 18.6. The van der Waals surface area contributed by atoms with Gasteiger partial charge in [0.15, 0.2) is 0 Å². The lowest BCUT2D eigenvalue weighted by Crippen LogP contribution is -2.14. The Balaban J connectivity index is 1.63. The molecule has 2 N–H and O–H groups in total. The van der Waals surface area contributed by atoms with Crippen molar-refractivity contribution in [3.63, 3.8) is 0 Å². The summed E-state index contributed by atoms with van der Waals surface area (Å²) in [7, 11) is 0. The van der Waals surface area contributed by atoms with Gasteiger partial charge in [0.1, 0.15) is 17.4 Å². The molecule has 0 saturated heterocycles. The van der Waals surface area contributed by atoms with Crippen LogP contribution in [0.5, 0.6) is 5.75 Å². The second-order valence-corrected chi connectivity index (χ2v) is 8.52. The SMILES string of the molecule is N#C/C(=C\c1cc(Br)ccc1OC(=O)c1cccc2ccccc12)C(=O)Nc1cccc(C(=O)O)c1. The average Bonchev–Trinajstić information content (AvgIpc) is 2.88. The lowest BCUT2D eigenvalue weighted by atomic mass is 10.0. The van der Waals surface area contributed by atoms with E-state index in [-0.39, 0.29) is 22.6 Å². The molecule has 0 atom stereocenters. The maximum absolute atomic E-state index is 13.0. The Kier molecular flexibility index (Phi) is 7.23. The number of carboxylic acids is 1. The van der Waals surface area contributed by atoms with Gasteiger partial charge in [-0.3, -0.25) is 4.79 Å². The molecule has 4 rings (SSSR count). The fraction of sp³-hybridized carbons (Fsp3) is 0. The zero-order chi connectivity index (χ0) is 25.7. The number of nitrogens with one attached hydrogen (secondary N) is 1. The van der Waals surface area contributed by atoms with Gasteiger partial charge in [0.05, 0.1) is 11.1 Å². The van der Waals surface area contributed by atoms with Crippen LogP contribution < -0.4 is 10.1 Å². The van der Waals surface area contributed by atoms with E-state index in [0.29, 0.717) is 15.6 Å². The summed E-state index contributed by atoms with van der Waals surface area (Å²) in [5, 5.41) is 22.9. The van der Waals surface area contributed by atoms with E-state index in [4.69, 9.17) is 9.84 Å². The van der Waals surface area contributed by atoms with Crippen molar-refractivity contribution in [3.8, 4) is 11.8 Å². The topological polar surface area (TPSA) is 116 Å². The molecule has 0 radical (unpaired) electrons. The Bertz CT molecular complexity index is 1580. The first-order chi connectivity index (χ1) is 17.4. The molecule has 1 amide bonds. The van der Waals surface area contributed by atoms with Crippen LogP contribution in [0, 0.1) is 11.3 Å². The largest absolute Gasteiger partial charge is 0.478 e. The number of carbonyl (C=O) groups excluding carboxylic acids is 2. The lowest BCUT2D eigenvalue weighted by Gasteiger charge is -2.11. The molecule has 36 heavy (non-hydrogen) atoms. The number of nitriles is 1. The van der Waals surface area contributed by atoms with E-state index in [9.17, 15) is 19.6 Å². The van der Waals surface area contributed by atoms with E-state index < -0.39 is 17.8 Å². The smallest absolute Gasteiger partial charge is 0.344 e. The minimum Gasteiger partial charge on any atom is -0.478 e. The number of ether oxygens (including phenoxy) is 1. The third-order valence-electron chi connectivity index (χ3n) is 5.22. The molecule has 4 aromatic rings. The highest BCUT2D eigenvalue weighted by Gasteiger charge is 2.17. The van der Waals surface area contributed by atoms with Crippen molar-refractivity contribution in [3.05, 3.63) is 112 Å². The minimum absolute atomic E-state index is 0.00934. The number of esters is 1. The van der Waals surface area contributed by atoms with Crippen molar-refractivity contribution in [2.45, 2.75) is 0 Å². The predicted octanol–water partition coefficient (Wildman–Crippen LogP) is 6.07. The first-order valence-electron chi connectivity index (χ1n) is 10.6. The normalized spacial score (nSPS) is 10.9. The number of amides is 1. The van der Waals surface area contributed by atoms with Crippen molar-refractivity contribution < 1.29 is 24.2 Å². The van der Waals surface area contributed by atoms with Gasteiger partial charge < -0.3 is 15.2 Å². The van der Waals surface area contributed by atoms with Crippen molar-refractivity contribution in [2.24, 2.45) is 0 Å². The van der Waals surface area contributed by atoms with E-state index in [1.807, 2.05) is 36.4 Å². The number of halogens is 1. The molecule has 176 valence electrons. The van der Waals surface area contributed by atoms with Crippen molar-refractivity contribution in [2.75, 3.05) is 5.32 Å². The van der Waals surface area contributed by atoms with Gasteiger partial charge in [0.25, 0.3) is 5.91 Å². The maximum atomic E-state index is 13.0. The monoisotopic (exact) mass is 540 g/mol. The molecule has 7 nitrogen and oxygen atoms in total. The Labute approximate surface area is 214 Å². The molecule has 0 heterocycles. The molecular formula is C28H17BrN2O5. The molecule has 0 aromatic heterocycles. The summed E-state index contributed by atoms with van der Waals surface area (Å²) < 4.78 is 6.31. The number of benzene rings is 4. The first kappa shape index (κ1) is 24.4. The van der Waals surface area contributed by atoms with Crippen LogP contribution in [0.25, 0.3) is 16.8 Å². The van der Waals surface area contributed by atoms with Crippen molar-refractivity contribution in [1.82, 2.24) is 0 Å². The predicted molar refractivity (Wildman–Crippen MR) is 139 cm³/mol. The van der Waals surface area contributed by atoms with Gasteiger partial charge in [-0.25, -0.2) is 9.59 Å². The number of hydrogen-bond acceptors (Lipinski definition) is 5. The molecular weight excluding hydrogens is 524 g/mol. The zero-order valence-corrected chi connectivity index (χ0v) is 20.2. The number of nitrogens with zero attached hydrogens (tertiary/aromatic N) is 1. The standard InChI is InChI=1S/C28H17BrN2O5/c29-21-11-12-25(36-28(35)24-10-4-6-17-5-1-2-9-23(17)24)19(14-21)13-20(16-30)26(32)31-22-8-3-7-18(15-22)27(33)34/h1-15H,(H,31,32)(H,33,34)/b20-13+. The molecule has 0 unspecified atom stereocenters. The molecule has 4 aromatic carbocycles. The Morgan fingerprint density at radius 3 is 2.47 bits per heavy atom. The number of carbonyl (C=O) groups is 3. The number of hydrogen-bond donors (Lipinski definition) is 2. The molecule has 0 saturated carbocycles. The van der Waals surface area contributed by atoms with Crippen LogP contribution in [0.2, 0.25) is 0 Å². The molecule has 8 heteroatoms. The number of rotatable bonds is 6. The van der Waals surface area contributed by atoms with Gasteiger partial charge in [-0.05, 0) is 59.3 Å². The average molecular weight is 541 g/mol. The summed E-state index contributed by atoms with van der Waals surface area (Å²) in [5.41, 5.74) is 0.644. The van der Waals surface area contributed by atoms with Crippen LogP contribution in [-0.2, 0) is 4.79 Å². The Morgan fingerprint density at radius 2 is 1.69 bits per heavy atom. The number of anilines is 1. The van der Waals surface area contributed by atoms with E-state index in [1.165, 1.54) is 30.3 Å². The highest BCUT2D eigenvalue weighted by atomic mass is 79.9. The summed E-state index contributed by atoms with van der Waals surface area (Å²) in [4.78, 5) is 37.0. The number of carboxylic acid groups (broad SMARTS) is 1. The second kappa shape index (κ2) is 10.7. The molecule has 0 fully saturated rings. The van der Waals surface area contributed by atoms with Crippen LogP contribution in [0.15, 0.2) is 95.0 Å². The highest BCUT2D eigenvalue weighted by molar-refractivity contribution is 9.10. The second-order valence-electron chi connectivity index (χ2n) is 7.61. The Hall–Kier alpha value is -4.74. The first-order valence-corrected chi connectivity index (χ1v) is 11.4. The summed E-state index contributed by atoms with van der Waals surface area (Å²) in [6.07, 6.45) is 1.30. The molecule has 0 spiro atoms. The van der Waals surface area contributed by atoms with Gasteiger partial charge in [-0.15, -0.1) is 0 Å². The third kappa shape index (κ3) is 5.49. The van der Waals surface area contributed by atoms with Gasteiger partial charge in [0, 0.05) is 15.7 Å². The number of fused-ring (bicyclic) bond motifs is 1. The van der Waals surface area contributed by atoms with Crippen LogP contribution >= 0.6 is 15.9 Å². The van der Waals surface area contributed by atoms with Crippen LogP contribution in [0.3, 0.4) is 0 Å². The van der Waals surface area contributed by atoms with Gasteiger partial charge in [0.2, 0.25) is 0 Å². The maximum Gasteiger partial charge on any atom is 0.344 e. The number of aromatic carboxylic acids is 1.